The predicted molar refractivity (Wildman–Crippen MR) is 99.5 cm³/mol. The van der Waals surface area contributed by atoms with Gasteiger partial charge in [0.2, 0.25) is 0 Å². The number of aromatic nitrogens is 2. The van der Waals surface area contributed by atoms with Gasteiger partial charge >= 0.3 is 0 Å². The predicted octanol–water partition coefficient (Wildman–Crippen LogP) is 1.69. The third-order valence-electron chi connectivity index (χ3n) is 5.16. The van der Waals surface area contributed by atoms with E-state index in [2.05, 4.69) is 20.0 Å². The average molecular weight is 407 g/mol. The summed E-state index contributed by atoms with van der Waals surface area (Å²) in [7, 11) is 0. The van der Waals surface area contributed by atoms with Gasteiger partial charge in [0.15, 0.2) is 23.3 Å². The van der Waals surface area contributed by atoms with E-state index in [1.54, 1.807) is 6.20 Å². The molecule has 2 fully saturated rings. The lowest BCUT2D eigenvalue weighted by Gasteiger charge is -2.36. The maximum absolute atomic E-state index is 13.9. The van der Waals surface area contributed by atoms with E-state index < -0.39 is 28.9 Å². The van der Waals surface area contributed by atoms with E-state index in [9.17, 15) is 18.0 Å². The summed E-state index contributed by atoms with van der Waals surface area (Å²) in [5.74, 6) is -4.28. The molecule has 1 aromatic carbocycles. The number of ether oxygens (including phenoxy) is 1. The molecule has 4 rings (SSSR count). The fraction of sp³-hybridized carbons (Fsp3) is 0.421. The largest absolute Gasteiger partial charge is 0.378 e. The average Bonchev–Trinajstić information content (AvgIpc) is 2.78. The van der Waals surface area contributed by atoms with E-state index >= 15 is 0 Å². The zero-order chi connectivity index (χ0) is 20.4. The van der Waals surface area contributed by atoms with E-state index in [1.165, 1.54) is 4.90 Å². The number of amides is 1. The molecule has 0 spiro atoms. The van der Waals surface area contributed by atoms with Crippen LogP contribution in [-0.4, -0.2) is 73.5 Å². The van der Waals surface area contributed by atoms with E-state index in [1.807, 2.05) is 6.07 Å². The minimum atomic E-state index is -1.63. The standard InChI is InChI=1S/C19H20F3N5O2/c20-15-2-1-14(17(21)18(15)22)19(28)27-5-3-25(4-6-27)13-11-16(24-23-12-13)26-7-9-29-10-8-26/h1-2,11-12H,3-10H2. The Morgan fingerprint density at radius 1 is 0.931 bits per heavy atom. The molecule has 0 saturated carbocycles. The Hall–Kier alpha value is -2.88. The van der Waals surface area contributed by atoms with Gasteiger partial charge < -0.3 is 19.4 Å². The Morgan fingerprint density at radius 2 is 1.66 bits per heavy atom. The fourth-order valence-corrected chi connectivity index (χ4v) is 3.49. The third kappa shape index (κ3) is 3.98. The second kappa shape index (κ2) is 8.24. The molecule has 2 aromatic rings. The first kappa shape index (κ1) is 19.4. The summed E-state index contributed by atoms with van der Waals surface area (Å²) < 4.78 is 45.8. The van der Waals surface area contributed by atoms with E-state index in [4.69, 9.17) is 4.74 Å². The van der Waals surface area contributed by atoms with Crippen molar-refractivity contribution < 1.29 is 22.7 Å². The van der Waals surface area contributed by atoms with Gasteiger partial charge in [-0.2, -0.15) is 5.10 Å². The normalized spacial score (nSPS) is 17.6. The lowest BCUT2D eigenvalue weighted by Crippen LogP contribution is -2.49. The van der Waals surface area contributed by atoms with Crippen molar-refractivity contribution in [2.24, 2.45) is 0 Å². The summed E-state index contributed by atoms with van der Waals surface area (Å²) in [5, 5.41) is 8.27. The quantitative estimate of drug-likeness (QED) is 0.722. The van der Waals surface area contributed by atoms with Crippen molar-refractivity contribution in [1.82, 2.24) is 15.1 Å². The molecule has 0 N–H and O–H groups in total. The highest BCUT2D eigenvalue weighted by molar-refractivity contribution is 5.94. The van der Waals surface area contributed by atoms with Crippen LogP contribution < -0.4 is 9.80 Å². The second-order valence-electron chi connectivity index (χ2n) is 6.87. The van der Waals surface area contributed by atoms with Gasteiger partial charge in [-0.15, -0.1) is 5.10 Å². The maximum Gasteiger partial charge on any atom is 0.257 e. The number of morpholine rings is 1. The molecule has 154 valence electrons. The van der Waals surface area contributed by atoms with E-state index in [0.717, 1.165) is 36.7 Å². The topological polar surface area (TPSA) is 61.8 Å². The van der Waals surface area contributed by atoms with Crippen LogP contribution in [-0.2, 0) is 4.74 Å². The van der Waals surface area contributed by atoms with E-state index in [0.29, 0.717) is 39.4 Å². The smallest absolute Gasteiger partial charge is 0.257 e. The molecular weight excluding hydrogens is 387 g/mol. The van der Waals surface area contributed by atoms with Gasteiger partial charge in [0.25, 0.3) is 5.91 Å². The second-order valence-corrected chi connectivity index (χ2v) is 6.87. The highest BCUT2D eigenvalue weighted by Gasteiger charge is 2.27. The molecule has 3 heterocycles. The van der Waals surface area contributed by atoms with Gasteiger partial charge in [-0.3, -0.25) is 4.79 Å². The number of benzene rings is 1. The Balaban J connectivity index is 1.42. The van der Waals surface area contributed by atoms with Crippen molar-refractivity contribution >= 4 is 17.4 Å². The summed E-state index contributed by atoms with van der Waals surface area (Å²) in [6.07, 6.45) is 1.66. The molecule has 0 unspecified atom stereocenters. The van der Waals surface area contributed by atoms with Gasteiger partial charge in [-0.05, 0) is 12.1 Å². The first-order valence-corrected chi connectivity index (χ1v) is 9.38. The molecular formula is C19H20F3N5O2. The first-order chi connectivity index (χ1) is 14.0. The minimum absolute atomic E-state index is 0.326. The van der Waals surface area contributed by atoms with Crippen LogP contribution in [0.25, 0.3) is 0 Å². The Morgan fingerprint density at radius 3 is 2.38 bits per heavy atom. The van der Waals surface area contributed by atoms with Gasteiger partial charge in [-0.25, -0.2) is 13.2 Å². The van der Waals surface area contributed by atoms with Crippen LogP contribution in [0.15, 0.2) is 24.4 Å². The number of halogens is 3. The molecule has 1 amide bonds. The van der Waals surface area contributed by atoms with Gasteiger partial charge in [0.05, 0.1) is 30.7 Å². The van der Waals surface area contributed by atoms with Crippen molar-refractivity contribution in [2.75, 3.05) is 62.3 Å². The number of piperazine rings is 1. The lowest BCUT2D eigenvalue weighted by atomic mass is 10.1. The molecule has 0 bridgehead atoms. The molecule has 2 aliphatic heterocycles. The number of anilines is 2. The van der Waals surface area contributed by atoms with Crippen LogP contribution in [0, 0.1) is 17.5 Å². The Bertz CT molecular complexity index is 899. The molecule has 2 saturated heterocycles. The van der Waals surface area contributed by atoms with Gasteiger partial charge in [0, 0.05) is 45.3 Å². The molecule has 29 heavy (non-hydrogen) atoms. The van der Waals surface area contributed by atoms with Crippen molar-refractivity contribution in [1.29, 1.82) is 0 Å². The van der Waals surface area contributed by atoms with Crippen LogP contribution in [0.2, 0.25) is 0 Å². The number of hydrogen-bond acceptors (Lipinski definition) is 6. The Labute approximate surface area is 165 Å². The zero-order valence-electron chi connectivity index (χ0n) is 15.7. The zero-order valence-corrected chi connectivity index (χ0v) is 15.7. The minimum Gasteiger partial charge on any atom is -0.378 e. The molecule has 0 aliphatic carbocycles. The van der Waals surface area contributed by atoms with Crippen LogP contribution in [0.3, 0.4) is 0 Å². The molecule has 7 nitrogen and oxygen atoms in total. The summed E-state index contributed by atoms with van der Waals surface area (Å²) in [4.78, 5) is 18.1. The highest BCUT2D eigenvalue weighted by atomic mass is 19.2. The molecule has 2 aliphatic rings. The van der Waals surface area contributed by atoms with Gasteiger partial charge in [0.1, 0.15) is 0 Å². The number of carbonyl (C=O) groups is 1. The number of hydrogen-bond donors (Lipinski definition) is 0. The van der Waals surface area contributed by atoms with Crippen LogP contribution >= 0.6 is 0 Å². The first-order valence-electron chi connectivity index (χ1n) is 9.38. The monoisotopic (exact) mass is 407 g/mol. The number of rotatable bonds is 3. The number of carbonyl (C=O) groups excluding carboxylic acids is 1. The third-order valence-corrected chi connectivity index (χ3v) is 5.16. The van der Waals surface area contributed by atoms with E-state index in [-0.39, 0.29) is 0 Å². The lowest BCUT2D eigenvalue weighted by molar-refractivity contribution is 0.0740. The summed E-state index contributed by atoms with van der Waals surface area (Å²) in [5.41, 5.74) is 0.421. The summed E-state index contributed by atoms with van der Waals surface area (Å²) in [6, 6.07) is 3.69. The summed E-state index contributed by atoms with van der Waals surface area (Å²) >= 11 is 0. The molecule has 10 heteroatoms. The van der Waals surface area contributed by atoms with Crippen molar-refractivity contribution in [3.8, 4) is 0 Å². The van der Waals surface area contributed by atoms with Crippen LogP contribution in [0.4, 0.5) is 24.7 Å². The molecule has 0 radical (unpaired) electrons. The van der Waals surface area contributed by atoms with Crippen LogP contribution in [0.1, 0.15) is 10.4 Å². The maximum atomic E-state index is 13.9. The summed E-state index contributed by atoms with van der Waals surface area (Å²) in [6.45, 7) is 4.45. The van der Waals surface area contributed by atoms with Crippen molar-refractivity contribution in [2.45, 2.75) is 0 Å². The van der Waals surface area contributed by atoms with Crippen LogP contribution in [0.5, 0.6) is 0 Å². The van der Waals surface area contributed by atoms with Crippen molar-refractivity contribution in [3.05, 3.63) is 47.4 Å². The SMILES string of the molecule is O=C(c1ccc(F)c(F)c1F)N1CCN(c2cnnc(N3CCOCC3)c2)CC1. The Kier molecular flexibility index (Phi) is 5.52. The fourth-order valence-electron chi connectivity index (χ4n) is 3.49. The van der Waals surface area contributed by atoms with Gasteiger partial charge in [-0.1, -0.05) is 0 Å². The number of nitrogens with zero attached hydrogens (tertiary/aromatic N) is 5. The molecule has 0 atom stereocenters. The van der Waals surface area contributed by atoms with Crippen molar-refractivity contribution in [3.63, 3.8) is 0 Å². The highest BCUT2D eigenvalue weighted by Crippen LogP contribution is 2.22. The molecule has 1 aromatic heterocycles.